The molecule has 0 saturated heterocycles. The van der Waals surface area contributed by atoms with E-state index in [1.54, 1.807) is 11.5 Å². The van der Waals surface area contributed by atoms with E-state index in [2.05, 4.69) is 4.98 Å². The SMILES string of the molecule is CCn1cnc2c1c(=O)n(CC(C)=O)c(=O)n2CC. The number of nitrogens with zero attached hydrogens (tertiary/aromatic N) is 4. The second-order valence-corrected chi connectivity index (χ2v) is 4.32. The molecule has 0 amide bonds. The quantitative estimate of drug-likeness (QED) is 0.778. The van der Waals surface area contributed by atoms with Gasteiger partial charge in [-0.2, -0.15) is 0 Å². The summed E-state index contributed by atoms with van der Waals surface area (Å²) in [5, 5.41) is 0. The second kappa shape index (κ2) is 4.83. The molecule has 2 aromatic rings. The molecule has 102 valence electrons. The zero-order valence-electron chi connectivity index (χ0n) is 11.2. The highest BCUT2D eigenvalue weighted by Gasteiger charge is 2.17. The van der Waals surface area contributed by atoms with E-state index >= 15 is 0 Å². The Morgan fingerprint density at radius 1 is 1.21 bits per heavy atom. The van der Waals surface area contributed by atoms with Gasteiger partial charge in [0, 0.05) is 13.1 Å². The molecule has 0 N–H and O–H groups in total. The van der Waals surface area contributed by atoms with Crippen molar-refractivity contribution in [2.24, 2.45) is 0 Å². The number of ketones is 1. The lowest BCUT2D eigenvalue weighted by atomic mass is 10.4. The first-order valence-electron chi connectivity index (χ1n) is 6.19. The number of carbonyl (C=O) groups is 1. The van der Waals surface area contributed by atoms with Gasteiger partial charge in [-0.15, -0.1) is 0 Å². The van der Waals surface area contributed by atoms with Crippen LogP contribution >= 0.6 is 0 Å². The van der Waals surface area contributed by atoms with E-state index in [0.717, 1.165) is 4.57 Å². The van der Waals surface area contributed by atoms with Gasteiger partial charge in [-0.05, 0) is 20.8 Å². The Morgan fingerprint density at radius 2 is 1.89 bits per heavy atom. The predicted molar refractivity (Wildman–Crippen MR) is 70.3 cm³/mol. The Morgan fingerprint density at radius 3 is 2.42 bits per heavy atom. The minimum Gasteiger partial charge on any atom is -0.325 e. The number of carbonyl (C=O) groups excluding carboxylic acids is 1. The topological polar surface area (TPSA) is 78.9 Å². The van der Waals surface area contributed by atoms with Crippen LogP contribution in [0.15, 0.2) is 15.9 Å². The van der Waals surface area contributed by atoms with Crippen LogP contribution in [0.4, 0.5) is 0 Å². The molecule has 0 radical (unpaired) electrons. The van der Waals surface area contributed by atoms with E-state index in [1.165, 1.54) is 17.8 Å². The highest BCUT2D eigenvalue weighted by atomic mass is 16.2. The summed E-state index contributed by atoms with van der Waals surface area (Å²) in [4.78, 5) is 39.9. The molecule has 2 rings (SSSR count). The molecule has 0 aliphatic heterocycles. The fraction of sp³-hybridized carbons (Fsp3) is 0.500. The normalized spacial score (nSPS) is 11.1. The molecule has 0 atom stereocenters. The van der Waals surface area contributed by atoms with Gasteiger partial charge in [0.1, 0.15) is 5.78 Å². The Labute approximate surface area is 109 Å². The van der Waals surface area contributed by atoms with Crippen LogP contribution in [0.25, 0.3) is 11.2 Å². The molecule has 2 aromatic heterocycles. The fourth-order valence-corrected chi connectivity index (χ4v) is 2.13. The van der Waals surface area contributed by atoms with Gasteiger partial charge in [-0.1, -0.05) is 0 Å². The van der Waals surface area contributed by atoms with Gasteiger partial charge in [0.2, 0.25) is 0 Å². The van der Waals surface area contributed by atoms with Crippen molar-refractivity contribution >= 4 is 16.9 Å². The van der Waals surface area contributed by atoms with Crippen LogP contribution in [0.2, 0.25) is 0 Å². The van der Waals surface area contributed by atoms with E-state index in [-0.39, 0.29) is 12.3 Å². The fourth-order valence-electron chi connectivity index (χ4n) is 2.13. The van der Waals surface area contributed by atoms with E-state index in [1.807, 2.05) is 6.92 Å². The third kappa shape index (κ3) is 2.00. The van der Waals surface area contributed by atoms with Crippen molar-refractivity contribution in [3.8, 4) is 0 Å². The number of rotatable bonds is 4. The summed E-state index contributed by atoms with van der Waals surface area (Å²) in [5.41, 5.74) is -0.208. The monoisotopic (exact) mass is 264 g/mol. The van der Waals surface area contributed by atoms with Gasteiger partial charge in [-0.25, -0.2) is 9.78 Å². The van der Waals surface area contributed by atoms with Crippen LogP contribution in [-0.2, 0) is 24.4 Å². The van der Waals surface area contributed by atoms with Crippen molar-refractivity contribution in [3.05, 3.63) is 27.2 Å². The average Bonchev–Trinajstić information content (AvgIpc) is 2.78. The first-order chi connectivity index (χ1) is 9.01. The van der Waals surface area contributed by atoms with Crippen LogP contribution in [0.5, 0.6) is 0 Å². The molecule has 19 heavy (non-hydrogen) atoms. The standard InChI is InChI=1S/C12H16N4O3/c1-4-14-7-13-10-9(14)11(18)16(6-8(3)17)12(19)15(10)5-2/h7H,4-6H2,1-3H3. The van der Waals surface area contributed by atoms with E-state index < -0.39 is 11.2 Å². The summed E-state index contributed by atoms with van der Waals surface area (Å²) in [5.74, 6) is -0.233. The molecular weight excluding hydrogens is 248 g/mol. The number of fused-ring (bicyclic) bond motifs is 1. The number of aryl methyl sites for hydroxylation is 2. The van der Waals surface area contributed by atoms with Crippen molar-refractivity contribution in [1.29, 1.82) is 0 Å². The Hall–Kier alpha value is -2.18. The van der Waals surface area contributed by atoms with Crippen molar-refractivity contribution in [2.75, 3.05) is 0 Å². The summed E-state index contributed by atoms with van der Waals surface area (Å²) in [6.45, 7) is 5.81. The summed E-state index contributed by atoms with van der Waals surface area (Å²) in [6, 6.07) is 0. The summed E-state index contributed by atoms with van der Waals surface area (Å²) in [7, 11) is 0. The number of Topliss-reactive ketones (excluding diaryl/α,β-unsaturated/α-hetero) is 1. The molecule has 2 heterocycles. The molecule has 0 spiro atoms. The molecule has 0 aliphatic rings. The van der Waals surface area contributed by atoms with Gasteiger partial charge >= 0.3 is 5.69 Å². The summed E-state index contributed by atoms with van der Waals surface area (Å²) < 4.78 is 4.06. The molecule has 0 aliphatic carbocycles. The number of aromatic nitrogens is 4. The second-order valence-electron chi connectivity index (χ2n) is 4.32. The Kier molecular flexibility index (Phi) is 3.37. The van der Waals surface area contributed by atoms with E-state index in [9.17, 15) is 14.4 Å². The maximum Gasteiger partial charge on any atom is 0.333 e. The Bertz CT molecular complexity index is 751. The molecule has 0 fully saturated rings. The predicted octanol–water partition coefficient (Wildman–Crippen LogP) is -0.0115. The zero-order valence-corrected chi connectivity index (χ0v) is 11.2. The number of hydrogen-bond acceptors (Lipinski definition) is 4. The van der Waals surface area contributed by atoms with Gasteiger partial charge < -0.3 is 4.57 Å². The first-order valence-corrected chi connectivity index (χ1v) is 6.19. The minimum atomic E-state index is -0.489. The molecule has 0 bridgehead atoms. The van der Waals surface area contributed by atoms with Crippen LogP contribution in [0.3, 0.4) is 0 Å². The van der Waals surface area contributed by atoms with Crippen molar-refractivity contribution < 1.29 is 4.79 Å². The van der Waals surface area contributed by atoms with Gasteiger partial charge in [0.15, 0.2) is 11.2 Å². The van der Waals surface area contributed by atoms with E-state index in [0.29, 0.717) is 24.3 Å². The highest BCUT2D eigenvalue weighted by molar-refractivity contribution is 5.76. The van der Waals surface area contributed by atoms with Gasteiger partial charge in [0.25, 0.3) is 5.56 Å². The van der Waals surface area contributed by atoms with Crippen molar-refractivity contribution in [3.63, 3.8) is 0 Å². The molecule has 0 aromatic carbocycles. The third-order valence-electron chi connectivity index (χ3n) is 3.02. The Balaban J connectivity index is 2.93. The summed E-state index contributed by atoms with van der Waals surface area (Å²) in [6.07, 6.45) is 1.54. The van der Waals surface area contributed by atoms with Crippen LogP contribution < -0.4 is 11.2 Å². The molecule has 7 heteroatoms. The average molecular weight is 264 g/mol. The molecular formula is C12H16N4O3. The number of imidazole rings is 1. The molecule has 7 nitrogen and oxygen atoms in total. The van der Waals surface area contributed by atoms with Crippen LogP contribution in [-0.4, -0.2) is 24.5 Å². The maximum absolute atomic E-state index is 12.3. The largest absolute Gasteiger partial charge is 0.333 e. The van der Waals surface area contributed by atoms with Gasteiger partial charge in [-0.3, -0.25) is 18.7 Å². The van der Waals surface area contributed by atoms with Crippen LogP contribution in [0, 0.1) is 0 Å². The summed E-state index contributed by atoms with van der Waals surface area (Å²) >= 11 is 0. The first kappa shape index (κ1) is 13.3. The van der Waals surface area contributed by atoms with E-state index in [4.69, 9.17) is 0 Å². The lowest BCUT2D eigenvalue weighted by Crippen LogP contribution is -2.41. The molecule has 0 saturated carbocycles. The van der Waals surface area contributed by atoms with Crippen molar-refractivity contribution in [2.45, 2.75) is 40.4 Å². The lowest BCUT2D eigenvalue weighted by molar-refractivity contribution is -0.117. The third-order valence-corrected chi connectivity index (χ3v) is 3.02. The van der Waals surface area contributed by atoms with Crippen LogP contribution in [0.1, 0.15) is 20.8 Å². The minimum absolute atomic E-state index is 0.206. The lowest BCUT2D eigenvalue weighted by Gasteiger charge is -2.09. The smallest absolute Gasteiger partial charge is 0.325 e. The zero-order chi connectivity index (χ0) is 14.2. The van der Waals surface area contributed by atoms with Gasteiger partial charge in [0.05, 0.1) is 12.9 Å². The van der Waals surface area contributed by atoms with Crippen molar-refractivity contribution in [1.82, 2.24) is 18.7 Å². The molecule has 0 unspecified atom stereocenters. The maximum atomic E-state index is 12.3. The highest BCUT2D eigenvalue weighted by Crippen LogP contribution is 2.06. The number of hydrogen-bond donors (Lipinski definition) is 0.